The molecule has 0 fully saturated rings. The molecule has 1 aromatic carbocycles. The lowest BCUT2D eigenvalue weighted by molar-refractivity contribution is -0.0690. The Morgan fingerprint density at radius 2 is 1.93 bits per heavy atom. The van der Waals surface area contributed by atoms with Gasteiger partial charge in [-0.05, 0) is 6.07 Å². The van der Waals surface area contributed by atoms with Crippen LogP contribution in [0.2, 0.25) is 0 Å². The summed E-state index contributed by atoms with van der Waals surface area (Å²) in [7, 11) is 0. The summed E-state index contributed by atoms with van der Waals surface area (Å²) in [6, 6.07) is 6.17. The summed E-state index contributed by atoms with van der Waals surface area (Å²) in [5, 5.41) is 0. The highest BCUT2D eigenvalue weighted by molar-refractivity contribution is 9.10. The third-order valence-corrected chi connectivity index (χ3v) is 2.48. The smallest absolute Gasteiger partial charge is 0.327 e. The summed E-state index contributed by atoms with van der Waals surface area (Å²) in [5.41, 5.74) is 4.52. The van der Waals surface area contributed by atoms with Crippen LogP contribution >= 0.6 is 15.9 Å². The minimum Gasteiger partial charge on any atom is -0.327 e. The number of halogens is 4. The minimum absolute atomic E-state index is 0.107. The number of rotatable bonds is 2. The number of hydrogen-bond donors (Lipinski definition) is 1. The van der Waals surface area contributed by atoms with E-state index in [-0.39, 0.29) is 12.1 Å². The van der Waals surface area contributed by atoms with E-state index in [0.717, 1.165) is 6.08 Å². The van der Waals surface area contributed by atoms with Gasteiger partial charge in [-0.3, -0.25) is 0 Å². The van der Waals surface area contributed by atoms with Crippen LogP contribution in [0.4, 0.5) is 13.2 Å². The monoisotopic (exact) mass is 279 g/mol. The first kappa shape index (κ1) is 12.3. The first-order valence-electron chi connectivity index (χ1n) is 4.19. The molecule has 2 N–H and O–H groups in total. The molecule has 0 saturated heterocycles. The highest BCUT2D eigenvalue weighted by Gasteiger charge is 2.34. The fourth-order valence-corrected chi connectivity index (χ4v) is 1.67. The van der Waals surface area contributed by atoms with E-state index in [4.69, 9.17) is 5.73 Å². The predicted octanol–water partition coefficient (Wildman–Crippen LogP) is 3.35. The van der Waals surface area contributed by atoms with Gasteiger partial charge in [-0.1, -0.05) is 40.2 Å². The van der Waals surface area contributed by atoms with Crippen molar-refractivity contribution in [3.63, 3.8) is 0 Å². The maximum Gasteiger partial charge on any atom is 0.416 e. The van der Waals surface area contributed by atoms with Gasteiger partial charge in [-0.25, -0.2) is 0 Å². The molecule has 0 unspecified atom stereocenters. The van der Waals surface area contributed by atoms with Gasteiger partial charge in [0.05, 0.1) is 5.57 Å². The molecule has 0 heterocycles. The largest absolute Gasteiger partial charge is 0.416 e. The third kappa shape index (κ3) is 3.07. The van der Waals surface area contributed by atoms with Crippen molar-refractivity contribution in [2.45, 2.75) is 6.18 Å². The van der Waals surface area contributed by atoms with E-state index in [1.54, 1.807) is 18.2 Å². The average molecular weight is 280 g/mol. The number of hydrogen-bond acceptors (Lipinski definition) is 1. The molecule has 0 radical (unpaired) electrons. The van der Waals surface area contributed by atoms with Crippen molar-refractivity contribution in [1.29, 1.82) is 0 Å². The molecular weight excluding hydrogens is 271 g/mol. The van der Waals surface area contributed by atoms with Crippen LogP contribution in [-0.4, -0.2) is 12.7 Å². The Kier molecular flexibility index (Phi) is 3.93. The summed E-state index contributed by atoms with van der Waals surface area (Å²) in [4.78, 5) is 0. The zero-order valence-corrected chi connectivity index (χ0v) is 9.27. The summed E-state index contributed by atoms with van der Waals surface area (Å²) in [6.45, 7) is -0.143. The lowest BCUT2D eigenvalue weighted by atomic mass is 10.1. The molecule has 5 heteroatoms. The molecule has 0 bridgehead atoms. The van der Waals surface area contributed by atoms with Crippen molar-refractivity contribution < 1.29 is 13.2 Å². The van der Waals surface area contributed by atoms with Gasteiger partial charge in [0.15, 0.2) is 0 Å². The van der Waals surface area contributed by atoms with E-state index in [1.165, 1.54) is 6.07 Å². The zero-order valence-electron chi connectivity index (χ0n) is 7.68. The van der Waals surface area contributed by atoms with Crippen LogP contribution in [0.15, 0.2) is 34.8 Å². The predicted molar refractivity (Wildman–Crippen MR) is 57.2 cm³/mol. The second-order valence-electron chi connectivity index (χ2n) is 2.83. The van der Waals surface area contributed by atoms with Crippen molar-refractivity contribution in [1.82, 2.24) is 0 Å². The summed E-state index contributed by atoms with van der Waals surface area (Å²) in [5.74, 6) is 0. The Morgan fingerprint density at radius 3 is 2.40 bits per heavy atom. The Bertz CT molecular complexity index is 371. The average Bonchev–Trinajstić information content (AvgIpc) is 2.14. The molecule has 0 saturated carbocycles. The van der Waals surface area contributed by atoms with Crippen LogP contribution in [0.5, 0.6) is 0 Å². The van der Waals surface area contributed by atoms with Crippen LogP contribution in [-0.2, 0) is 0 Å². The number of alkyl halides is 3. The van der Waals surface area contributed by atoms with Crippen LogP contribution in [0, 0.1) is 0 Å². The van der Waals surface area contributed by atoms with Crippen molar-refractivity contribution in [3.8, 4) is 0 Å². The van der Waals surface area contributed by atoms with Gasteiger partial charge in [-0.15, -0.1) is 0 Å². The maximum atomic E-state index is 12.6. The maximum absolute atomic E-state index is 12.6. The number of allylic oxidation sites excluding steroid dienone is 1. The zero-order chi connectivity index (χ0) is 11.5. The highest BCUT2D eigenvalue weighted by atomic mass is 79.9. The number of benzene rings is 1. The second kappa shape index (κ2) is 4.81. The van der Waals surface area contributed by atoms with Crippen LogP contribution in [0.1, 0.15) is 5.56 Å². The van der Waals surface area contributed by atoms with Gasteiger partial charge in [-0.2, -0.15) is 13.2 Å². The fraction of sp³-hybridized carbons (Fsp3) is 0.200. The van der Waals surface area contributed by atoms with E-state index >= 15 is 0 Å². The molecule has 0 aliphatic rings. The molecule has 0 atom stereocenters. The molecule has 15 heavy (non-hydrogen) atoms. The van der Waals surface area contributed by atoms with Crippen molar-refractivity contribution in [3.05, 3.63) is 40.4 Å². The van der Waals surface area contributed by atoms with E-state index in [2.05, 4.69) is 15.9 Å². The molecule has 1 aromatic rings. The van der Waals surface area contributed by atoms with Crippen molar-refractivity contribution >= 4 is 21.5 Å². The molecule has 0 amide bonds. The summed E-state index contributed by atoms with van der Waals surface area (Å²) < 4.78 is 38.3. The Labute approximate surface area is 93.9 Å². The molecule has 0 aromatic heterocycles. The standard InChI is InChI=1S/C10H9BrF3N/c11-9-4-2-1-3-7(9)8(5-6-15)10(12,13)14/h1-5H,6,15H2/b8-5+. The molecule has 0 aliphatic heterocycles. The van der Waals surface area contributed by atoms with E-state index in [0.29, 0.717) is 4.47 Å². The Hall–Kier alpha value is -0.810. The van der Waals surface area contributed by atoms with Gasteiger partial charge in [0.25, 0.3) is 0 Å². The second-order valence-corrected chi connectivity index (χ2v) is 3.69. The lowest BCUT2D eigenvalue weighted by Gasteiger charge is -2.13. The third-order valence-electron chi connectivity index (χ3n) is 1.79. The van der Waals surface area contributed by atoms with Gasteiger partial charge >= 0.3 is 6.18 Å². The normalized spacial score (nSPS) is 13.0. The molecule has 0 spiro atoms. The summed E-state index contributed by atoms with van der Waals surface area (Å²) >= 11 is 3.08. The van der Waals surface area contributed by atoms with Gasteiger partial charge < -0.3 is 5.73 Å². The van der Waals surface area contributed by atoms with Gasteiger partial charge in [0, 0.05) is 16.6 Å². The minimum atomic E-state index is -4.39. The fourth-order valence-electron chi connectivity index (χ4n) is 1.18. The van der Waals surface area contributed by atoms with Gasteiger partial charge in [0.2, 0.25) is 0 Å². The molecule has 1 rings (SSSR count). The highest BCUT2D eigenvalue weighted by Crippen LogP contribution is 2.36. The Balaban J connectivity index is 3.24. The van der Waals surface area contributed by atoms with Crippen LogP contribution in [0.3, 0.4) is 0 Å². The first-order chi connectivity index (χ1) is 6.96. The number of nitrogens with two attached hydrogens (primary N) is 1. The lowest BCUT2D eigenvalue weighted by Crippen LogP contribution is -2.13. The SMILES string of the molecule is NC/C=C(\c1ccccc1Br)C(F)(F)F. The Morgan fingerprint density at radius 1 is 1.33 bits per heavy atom. The van der Waals surface area contributed by atoms with Crippen molar-refractivity contribution in [2.75, 3.05) is 6.54 Å². The molecule has 0 aliphatic carbocycles. The molecule has 1 nitrogen and oxygen atoms in total. The molecular formula is C10H9BrF3N. The van der Waals surface area contributed by atoms with E-state index < -0.39 is 11.7 Å². The van der Waals surface area contributed by atoms with Crippen LogP contribution in [0.25, 0.3) is 5.57 Å². The van der Waals surface area contributed by atoms with E-state index in [1.807, 2.05) is 0 Å². The summed E-state index contributed by atoms with van der Waals surface area (Å²) in [6.07, 6.45) is -3.41. The van der Waals surface area contributed by atoms with Crippen LogP contribution < -0.4 is 5.73 Å². The molecule has 82 valence electrons. The van der Waals surface area contributed by atoms with E-state index in [9.17, 15) is 13.2 Å². The van der Waals surface area contributed by atoms with Crippen molar-refractivity contribution in [2.24, 2.45) is 5.73 Å². The first-order valence-corrected chi connectivity index (χ1v) is 4.98. The van der Waals surface area contributed by atoms with Gasteiger partial charge in [0.1, 0.15) is 0 Å². The topological polar surface area (TPSA) is 26.0 Å². The quantitative estimate of drug-likeness (QED) is 0.883.